The van der Waals surface area contributed by atoms with E-state index in [0.29, 0.717) is 11.9 Å². The number of nitrogens with one attached hydrogen (secondary N) is 3. The van der Waals surface area contributed by atoms with Gasteiger partial charge in [0.15, 0.2) is 5.82 Å². The second-order valence-electron chi connectivity index (χ2n) is 5.89. The van der Waals surface area contributed by atoms with Crippen LogP contribution in [0.2, 0.25) is 0 Å². The predicted molar refractivity (Wildman–Crippen MR) is 73.1 cm³/mol. The molecule has 0 amide bonds. The van der Waals surface area contributed by atoms with Crippen LogP contribution in [0, 0.1) is 0 Å². The molecular weight excluding hydrogens is 228 g/mol. The second-order valence-corrected chi connectivity index (χ2v) is 5.89. The van der Waals surface area contributed by atoms with E-state index in [1.54, 1.807) is 6.20 Å². The van der Waals surface area contributed by atoms with Crippen LogP contribution in [0.3, 0.4) is 0 Å². The minimum atomic E-state index is -0.124. The Morgan fingerprint density at radius 3 is 2.56 bits per heavy atom. The molecule has 1 saturated heterocycles. The highest BCUT2D eigenvalue weighted by Crippen LogP contribution is 2.18. The molecular formula is C13H22N4O. The summed E-state index contributed by atoms with van der Waals surface area (Å²) in [5.74, 6) is 0.440. The number of anilines is 1. The molecule has 0 bridgehead atoms. The lowest BCUT2D eigenvalue weighted by Gasteiger charge is -2.24. The van der Waals surface area contributed by atoms with Gasteiger partial charge in [0.1, 0.15) is 0 Å². The van der Waals surface area contributed by atoms with E-state index in [1.165, 1.54) is 0 Å². The lowest BCUT2D eigenvalue weighted by atomic mass is 9.93. The van der Waals surface area contributed by atoms with Crippen LogP contribution in [0.1, 0.15) is 39.3 Å². The monoisotopic (exact) mass is 250 g/mol. The molecule has 0 radical (unpaired) electrons. The summed E-state index contributed by atoms with van der Waals surface area (Å²) >= 11 is 0. The van der Waals surface area contributed by atoms with Crippen molar-refractivity contribution >= 4 is 5.82 Å². The molecule has 5 nitrogen and oxygen atoms in total. The Morgan fingerprint density at radius 2 is 2.00 bits per heavy atom. The molecule has 0 aliphatic carbocycles. The fourth-order valence-corrected chi connectivity index (χ4v) is 2.05. The molecule has 100 valence electrons. The molecule has 0 aromatic carbocycles. The van der Waals surface area contributed by atoms with Crippen molar-refractivity contribution in [2.45, 2.75) is 45.1 Å². The van der Waals surface area contributed by atoms with Crippen LogP contribution in [0.15, 0.2) is 11.0 Å². The summed E-state index contributed by atoms with van der Waals surface area (Å²) in [7, 11) is 0. The second kappa shape index (κ2) is 5.10. The molecule has 0 unspecified atom stereocenters. The first-order chi connectivity index (χ1) is 8.47. The fraction of sp³-hybridized carbons (Fsp3) is 0.692. The minimum Gasteiger partial charge on any atom is -0.363 e. The summed E-state index contributed by atoms with van der Waals surface area (Å²) in [6.45, 7) is 8.16. The molecule has 18 heavy (non-hydrogen) atoms. The number of hydrogen-bond donors (Lipinski definition) is 3. The van der Waals surface area contributed by atoms with E-state index in [0.717, 1.165) is 31.6 Å². The van der Waals surface area contributed by atoms with Gasteiger partial charge in [-0.2, -0.15) is 0 Å². The number of aromatic nitrogens is 2. The largest absolute Gasteiger partial charge is 0.363 e. The highest BCUT2D eigenvalue weighted by Gasteiger charge is 2.18. The van der Waals surface area contributed by atoms with Gasteiger partial charge in [0, 0.05) is 23.3 Å². The maximum absolute atomic E-state index is 12.0. The topological polar surface area (TPSA) is 69.8 Å². The van der Waals surface area contributed by atoms with Crippen molar-refractivity contribution < 1.29 is 0 Å². The SMILES string of the molecule is CC(C)(C)c1cnc(NC2CCNCC2)c(=O)[nH]1. The number of hydrogen-bond acceptors (Lipinski definition) is 4. The van der Waals surface area contributed by atoms with Gasteiger partial charge in [0.05, 0.1) is 0 Å². The zero-order valence-electron chi connectivity index (χ0n) is 11.3. The Hall–Kier alpha value is -1.36. The number of piperidine rings is 1. The van der Waals surface area contributed by atoms with E-state index in [-0.39, 0.29) is 11.0 Å². The van der Waals surface area contributed by atoms with Crippen LogP contribution in [0.25, 0.3) is 0 Å². The molecule has 1 aromatic rings. The summed E-state index contributed by atoms with van der Waals surface area (Å²) < 4.78 is 0. The molecule has 0 atom stereocenters. The summed E-state index contributed by atoms with van der Waals surface area (Å²) in [6.07, 6.45) is 3.81. The standard InChI is InChI=1S/C13H22N4O/c1-13(2,3)10-8-15-11(12(18)17-10)16-9-4-6-14-7-5-9/h8-9,14H,4-7H2,1-3H3,(H,15,16)(H,17,18). The van der Waals surface area contributed by atoms with Gasteiger partial charge in [-0.15, -0.1) is 0 Å². The Bertz CT molecular complexity index is 455. The summed E-state index contributed by atoms with van der Waals surface area (Å²) in [5, 5.41) is 6.53. The third kappa shape index (κ3) is 3.10. The predicted octanol–water partition coefficient (Wildman–Crippen LogP) is 1.23. The minimum absolute atomic E-state index is 0.0839. The number of aromatic amines is 1. The van der Waals surface area contributed by atoms with Crippen molar-refractivity contribution in [3.8, 4) is 0 Å². The van der Waals surface area contributed by atoms with Gasteiger partial charge in [0.25, 0.3) is 5.56 Å². The van der Waals surface area contributed by atoms with Gasteiger partial charge in [-0.25, -0.2) is 4.98 Å². The van der Waals surface area contributed by atoms with Crippen molar-refractivity contribution in [2.24, 2.45) is 0 Å². The number of H-pyrrole nitrogens is 1. The van der Waals surface area contributed by atoms with Crippen molar-refractivity contribution in [3.05, 3.63) is 22.2 Å². The maximum Gasteiger partial charge on any atom is 0.290 e. The molecule has 2 heterocycles. The van der Waals surface area contributed by atoms with Crippen LogP contribution in [-0.2, 0) is 5.41 Å². The van der Waals surface area contributed by atoms with Crippen LogP contribution in [-0.4, -0.2) is 29.1 Å². The van der Waals surface area contributed by atoms with Crippen LogP contribution >= 0.6 is 0 Å². The lowest BCUT2D eigenvalue weighted by Crippen LogP contribution is -2.37. The summed E-state index contributed by atoms with van der Waals surface area (Å²) in [4.78, 5) is 19.1. The number of rotatable bonds is 2. The zero-order chi connectivity index (χ0) is 13.2. The molecule has 2 rings (SSSR count). The van der Waals surface area contributed by atoms with Crippen LogP contribution in [0.4, 0.5) is 5.82 Å². The van der Waals surface area contributed by atoms with E-state index >= 15 is 0 Å². The molecule has 1 aliphatic rings. The summed E-state index contributed by atoms with van der Waals surface area (Å²) in [6, 6.07) is 0.348. The lowest BCUT2D eigenvalue weighted by molar-refractivity contribution is 0.477. The quantitative estimate of drug-likeness (QED) is 0.738. The van der Waals surface area contributed by atoms with Crippen molar-refractivity contribution in [1.82, 2.24) is 15.3 Å². The van der Waals surface area contributed by atoms with Crippen LogP contribution < -0.4 is 16.2 Å². The first kappa shape index (κ1) is 13.1. The van der Waals surface area contributed by atoms with Gasteiger partial charge in [-0.3, -0.25) is 4.79 Å². The van der Waals surface area contributed by atoms with Gasteiger partial charge in [-0.05, 0) is 25.9 Å². The average Bonchev–Trinajstić information content (AvgIpc) is 2.32. The Balaban J connectivity index is 2.12. The zero-order valence-corrected chi connectivity index (χ0v) is 11.3. The summed E-state index contributed by atoms with van der Waals surface area (Å²) in [5.41, 5.74) is 0.656. The van der Waals surface area contributed by atoms with Crippen molar-refractivity contribution in [2.75, 3.05) is 18.4 Å². The molecule has 0 saturated carbocycles. The normalized spacial score (nSPS) is 17.7. The van der Waals surface area contributed by atoms with Crippen molar-refractivity contribution in [3.63, 3.8) is 0 Å². The Labute approximate surface area is 107 Å². The highest BCUT2D eigenvalue weighted by atomic mass is 16.1. The molecule has 3 N–H and O–H groups in total. The first-order valence-corrected chi connectivity index (χ1v) is 6.54. The Morgan fingerprint density at radius 1 is 1.33 bits per heavy atom. The van der Waals surface area contributed by atoms with E-state index in [1.807, 2.05) is 0 Å². The van der Waals surface area contributed by atoms with E-state index in [2.05, 4.69) is 41.4 Å². The molecule has 1 aromatic heterocycles. The van der Waals surface area contributed by atoms with E-state index < -0.39 is 0 Å². The molecule has 5 heteroatoms. The third-order valence-electron chi connectivity index (χ3n) is 3.27. The fourth-order valence-electron chi connectivity index (χ4n) is 2.05. The van der Waals surface area contributed by atoms with Gasteiger partial charge >= 0.3 is 0 Å². The smallest absolute Gasteiger partial charge is 0.290 e. The van der Waals surface area contributed by atoms with Crippen LogP contribution in [0.5, 0.6) is 0 Å². The average molecular weight is 250 g/mol. The van der Waals surface area contributed by atoms with Gasteiger partial charge < -0.3 is 15.6 Å². The third-order valence-corrected chi connectivity index (χ3v) is 3.27. The van der Waals surface area contributed by atoms with E-state index in [4.69, 9.17) is 0 Å². The molecule has 0 spiro atoms. The van der Waals surface area contributed by atoms with E-state index in [9.17, 15) is 4.79 Å². The highest BCUT2D eigenvalue weighted by molar-refractivity contribution is 5.33. The van der Waals surface area contributed by atoms with Crippen molar-refractivity contribution in [1.29, 1.82) is 0 Å². The van der Waals surface area contributed by atoms with Gasteiger partial charge in [0.2, 0.25) is 0 Å². The number of nitrogens with zero attached hydrogens (tertiary/aromatic N) is 1. The molecule has 1 aliphatic heterocycles. The van der Waals surface area contributed by atoms with Gasteiger partial charge in [-0.1, -0.05) is 20.8 Å². The Kier molecular flexibility index (Phi) is 3.71. The maximum atomic E-state index is 12.0. The first-order valence-electron chi connectivity index (χ1n) is 6.54. The molecule has 1 fully saturated rings.